The summed E-state index contributed by atoms with van der Waals surface area (Å²) < 4.78 is 1.88. The van der Waals surface area contributed by atoms with E-state index in [1.165, 1.54) is 17.9 Å². The Morgan fingerprint density at radius 1 is 1.69 bits per heavy atom. The van der Waals surface area contributed by atoms with Gasteiger partial charge in [0.15, 0.2) is 0 Å². The Morgan fingerprint density at radius 3 is 3.12 bits per heavy atom. The summed E-state index contributed by atoms with van der Waals surface area (Å²) in [5, 5.41) is 7.72. The maximum absolute atomic E-state index is 4.31. The van der Waals surface area contributed by atoms with Crippen LogP contribution in [0.5, 0.6) is 0 Å². The van der Waals surface area contributed by atoms with Gasteiger partial charge in [0.25, 0.3) is 0 Å². The fourth-order valence-electron chi connectivity index (χ4n) is 2.24. The molecule has 0 saturated carbocycles. The lowest BCUT2D eigenvalue weighted by atomic mass is 9.96. The minimum atomic E-state index is 0.558. The Hall–Kier alpha value is -0.550. The molecule has 0 aliphatic carbocycles. The summed E-state index contributed by atoms with van der Waals surface area (Å²) in [6, 6.07) is 0.558. The van der Waals surface area contributed by atoms with Crippen molar-refractivity contribution < 1.29 is 0 Å². The molecule has 1 aromatic heterocycles. The number of aromatic nitrogens is 3. The molecular weight excluding hydrogens is 220 g/mol. The molecule has 0 spiro atoms. The van der Waals surface area contributed by atoms with Gasteiger partial charge in [-0.05, 0) is 30.4 Å². The molecule has 0 radical (unpaired) electrons. The highest BCUT2D eigenvalue weighted by Crippen LogP contribution is 2.27. The molecule has 5 heteroatoms. The summed E-state index contributed by atoms with van der Waals surface area (Å²) in [6.45, 7) is 3.20. The molecule has 0 aromatic carbocycles. The van der Waals surface area contributed by atoms with E-state index in [4.69, 9.17) is 0 Å². The van der Waals surface area contributed by atoms with Crippen LogP contribution >= 0.6 is 11.8 Å². The number of aryl methyl sites for hydroxylation is 1. The first kappa shape index (κ1) is 11.9. The molecule has 2 unspecified atom stereocenters. The molecular formula is C11H20N4S. The van der Waals surface area contributed by atoms with E-state index in [2.05, 4.69) is 34.1 Å². The van der Waals surface area contributed by atoms with Crippen LogP contribution < -0.4 is 5.32 Å². The lowest BCUT2D eigenvalue weighted by Crippen LogP contribution is -2.38. The minimum Gasteiger partial charge on any atom is -0.313 e. The van der Waals surface area contributed by atoms with Gasteiger partial charge >= 0.3 is 0 Å². The highest BCUT2D eigenvalue weighted by atomic mass is 32.2. The van der Waals surface area contributed by atoms with Crippen LogP contribution in [0.3, 0.4) is 0 Å². The van der Waals surface area contributed by atoms with Crippen LogP contribution in [-0.4, -0.2) is 38.9 Å². The van der Waals surface area contributed by atoms with Crippen molar-refractivity contribution in [2.45, 2.75) is 25.8 Å². The Labute approximate surface area is 101 Å². The van der Waals surface area contributed by atoms with Crippen molar-refractivity contribution in [3.8, 4) is 0 Å². The van der Waals surface area contributed by atoms with Gasteiger partial charge in [-0.3, -0.25) is 4.68 Å². The van der Waals surface area contributed by atoms with Gasteiger partial charge in [-0.15, -0.1) is 0 Å². The van der Waals surface area contributed by atoms with Crippen molar-refractivity contribution in [3.05, 3.63) is 12.2 Å². The lowest BCUT2D eigenvalue weighted by Gasteiger charge is -2.23. The predicted octanol–water partition coefficient (Wildman–Crippen LogP) is 1.09. The summed E-state index contributed by atoms with van der Waals surface area (Å²) in [7, 11) is 1.97. The molecule has 0 bridgehead atoms. The Kier molecular flexibility index (Phi) is 4.23. The third-order valence-electron chi connectivity index (χ3n) is 3.21. The molecule has 1 fully saturated rings. The topological polar surface area (TPSA) is 42.7 Å². The zero-order chi connectivity index (χ0) is 11.4. The summed E-state index contributed by atoms with van der Waals surface area (Å²) in [5.41, 5.74) is 0. The van der Waals surface area contributed by atoms with Crippen LogP contribution in [0.25, 0.3) is 0 Å². The quantitative estimate of drug-likeness (QED) is 0.836. The first-order chi connectivity index (χ1) is 7.81. The Morgan fingerprint density at radius 2 is 2.56 bits per heavy atom. The SMILES string of the molecule is CCNC(Cc1ncnn1C)C1CCSC1. The first-order valence-electron chi connectivity index (χ1n) is 5.95. The van der Waals surface area contributed by atoms with Crippen LogP contribution in [0, 0.1) is 5.92 Å². The van der Waals surface area contributed by atoms with Crippen molar-refractivity contribution in [2.75, 3.05) is 18.1 Å². The van der Waals surface area contributed by atoms with E-state index >= 15 is 0 Å². The predicted molar refractivity (Wildman–Crippen MR) is 67.6 cm³/mol. The van der Waals surface area contributed by atoms with Crippen LogP contribution in [0.15, 0.2) is 6.33 Å². The number of hydrogen-bond acceptors (Lipinski definition) is 4. The monoisotopic (exact) mass is 240 g/mol. The van der Waals surface area contributed by atoms with Crippen LogP contribution in [0.4, 0.5) is 0 Å². The molecule has 1 saturated heterocycles. The lowest BCUT2D eigenvalue weighted by molar-refractivity contribution is 0.377. The average molecular weight is 240 g/mol. The summed E-state index contributed by atoms with van der Waals surface area (Å²) in [5.74, 6) is 4.48. The molecule has 2 atom stereocenters. The largest absolute Gasteiger partial charge is 0.313 e. The van der Waals surface area contributed by atoms with Crippen molar-refractivity contribution in [3.63, 3.8) is 0 Å². The molecule has 2 rings (SSSR count). The van der Waals surface area contributed by atoms with E-state index < -0.39 is 0 Å². The minimum absolute atomic E-state index is 0.558. The maximum Gasteiger partial charge on any atom is 0.138 e. The van der Waals surface area contributed by atoms with E-state index in [1.807, 2.05) is 11.7 Å². The summed E-state index contributed by atoms with van der Waals surface area (Å²) >= 11 is 2.07. The van der Waals surface area contributed by atoms with E-state index in [0.717, 1.165) is 24.7 Å². The van der Waals surface area contributed by atoms with E-state index in [1.54, 1.807) is 6.33 Å². The van der Waals surface area contributed by atoms with Gasteiger partial charge in [0.1, 0.15) is 12.2 Å². The number of thioether (sulfide) groups is 1. The van der Waals surface area contributed by atoms with Crippen LogP contribution in [0.1, 0.15) is 19.2 Å². The van der Waals surface area contributed by atoms with E-state index in [9.17, 15) is 0 Å². The number of hydrogen-bond donors (Lipinski definition) is 1. The normalized spacial score (nSPS) is 22.5. The molecule has 4 nitrogen and oxygen atoms in total. The maximum atomic E-state index is 4.31. The highest BCUT2D eigenvalue weighted by molar-refractivity contribution is 7.99. The van der Waals surface area contributed by atoms with Crippen molar-refractivity contribution in [1.82, 2.24) is 20.1 Å². The number of rotatable bonds is 5. The third kappa shape index (κ3) is 2.77. The van der Waals surface area contributed by atoms with Crippen molar-refractivity contribution in [1.29, 1.82) is 0 Å². The Balaban J connectivity index is 1.99. The molecule has 0 amide bonds. The molecule has 1 N–H and O–H groups in total. The van der Waals surface area contributed by atoms with E-state index in [0.29, 0.717) is 6.04 Å². The standard InChI is InChI=1S/C11H20N4S/c1-3-12-10(9-4-5-16-7-9)6-11-13-8-14-15(11)2/h8-10,12H,3-7H2,1-2H3. The van der Waals surface area contributed by atoms with Crippen LogP contribution in [0.2, 0.25) is 0 Å². The van der Waals surface area contributed by atoms with Crippen LogP contribution in [-0.2, 0) is 13.5 Å². The van der Waals surface area contributed by atoms with Gasteiger partial charge in [0.05, 0.1) is 0 Å². The molecule has 16 heavy (non-hydrogen) atoms. The van der Waals surface area contributed by atoms with Gasteiger partial charge in [0, 0.05) is 19.5 Å². The van der Waals surface area contributed by atoms with Gasteiger partial charge in [0.2, 0.25) is 0 Å². The molecule has 1 aliphatic rings. The fourth-order valence-corrected chi connectivity index (χ4v) is 3.58. The molecule has 1 aromatic rings. The second kappa shape index (κ2) is 5.68. The van der Waals surface area contributed by atoms with Gasteiger partial charge in [-0.1, -0.05) is 6.92 Å². The first-order valence-corrected chi connectivity index (χ1v) is 7.10. The molecule has 2 heterocycles. The number of nitrogens with one attached hydrogen (secondary N) is 1. The second-order valence-corrected chi connectivity index (χ2v) is 5.44. The summed E-state index contributed by atoms with van der Waals surface area (Å²) in [6.07, 6.45) is 3.97. The average Bonchev–Trinajstić information content (AvgIpc) is 2.90. The van der Waals surface area contributed by atoms with Gasteiger partial charge < -0.3 is 5.32 Å². The third-order valence-corrected chi connectivity index (χ3v) is 4.40. The highest BCUT2D eigenvalue weighted by Gasteiger charge is 2.25. The summed E-state index contributed by atoms with van der Waals surface area (Å²) in [4.78, 5) is 4.31. The van der Waals surface area contributed by atoms with Gasteiger partial charge in [-0.25, -0.2) is 4.98 Å². The van der Waals surface area contributed by atoms with Crippen molar-refractivity contribution >= 4 is 11.8 Å². The smallest absolute Gasteiger partial charge is 0.138 e. The molecule has 90 valence electrons. The number of likely N-dealkylation sites (N-methyl/N-ethyl adjacent to an activating group) is 1. The number of nitrogens with zero attached hydrogens (tertiary/aromatic N) is 3. The van der Waals surface area contributed by atoms with E-state index in [-0.39, 0.29) is 0 Å². The second-order valence-electron chi connectivity index (χ2n) is 4.29. The zero-order valence-electron chi connectivity index (χ0n) is 10.0. The zero-order valence-corrected chi connectivity index (χ0v) is 10.8. The van der Waals surface area contributed by atoms with Crippen molar-refractivity contribution in [2.24, 2.45) is 13.0 Å². The van der Waals surface area contributed by atoms with Gasteiger partial charge in [-0.2, -0.15) is 16.9 Å². The fraction of sp³-hybridized carbons (Fsp3) is 0.818. The molecule has 1 aliphatic heterocycles. The Bertz CT molecular complexity index is 320.